The number of nitrogens with zero attached hydrogens (tertiary/aromatic N) is 4. The first-order valence-corrected chi connectivity index (χ1v) is 6.89. The monoisotopic (exact) mass is 336 g/mol. The molecule has 0 bridgehead atoms. The van der Waals surface area contributed by atoms with E-state index in [9.17, 15) is 0 Å². The van der Waals surface area contributed by atoms with Crippen molar-refractivity contribution in [3.05, 3.63) is 27.7 Å². The van der Waals surface area contributed by atoms with Gasteiger partial charge in [0.25, 0.3) is 0 Å². The first kappa shape index (κ1) is 14.5. The molecule has 106 valence electrons. The Labute approximate surface area is 126 Å². The van der Waals surface area contributed by atoms with E-state index in [0.29, 0.717) is 11.9 Å². The summed E-state index contributed by atoms with van der Waals surface area (Å²) in [6, 6.07) is 4.04. The Kier molecular flexibility index (Phi) is 4.08. The molecule has 0 spiro atoms. The van der Waals surface area contributed by atoms with Gasteiger partial charge in [0.2, 0.25) is 17.8 Å². The Balaban J connectivity index is 2.35. The molecule has 1 aromatic carbocycles. The highest BCUT2D eigenvalue weighted by Crippen LogP contribution is 2.26. The molecule has 0 atom stereocenters. The Morgan fingerprint density at radius 3 is 2.25 bits per heavy atom. The van der Waals surface area contributed by atoms with Gasteiger partial charge in [-0.3, -0.25) is 0 Å². The molecule has 20 heavy (non-hydrogen) atoms. The smallest absolute Gasteiger partial charge is 0.233 e. The molecule has 6 nitrogen and oxygen atoms in total. The molecule has 7 heteroatoms. The van der Waals surface area contributed by atoms with Crippen LogP contribution in [0, 0.1) is 13.8 Å². The number of nitrogens with two attached hydrogens (primary N) is 1. The average Bonchev–Trinajstić information content (AvgIpc) is 2.35. The van der Waals surface area contributed by atoms with Crippen LogP contribution in [0.1, 0.15) is 11.1 Å². The maximum Gasteiger partial charge on any atom is 0.233 e. The minimum absolute atomic E-state index is 0.191. The van der Waals surface area contributed by atoms with Crippen LogP contribution < -0.4 is 16.0 Å². The largest absolute Gasteiger partial charge is 0.368 e. The summed E-state index contributed by atoms with van der Waals surface area (Å²) < 4.78 is 1.10. The van der Waals surface area contributed by atoms with Gasteiger partial charge in [-0.2, -0.15) is 15.0 Å². The van der Waals surface area contributed by atoms with E-state index in [2.05, 4.69) is 36.2 Å². The molecule has 0 aliphatic heterocycles. The Bertz CT molecular complexity index is 618. The normalized spacial score (nSPS) is 10.4. The van der Waals surface area contributed by atoms with E-state index in [0.717, 1.165) is 21.3 Å². The summed E-state index contributed by atoms with van der Waals surface area (Å²) in [6.07, 6.45) is 0. The highest BCUT2D eigenvalue weighted by atomic mass is 79.9. The van der Waals surface area contributed by atoms with Gasteiger partial charge in [0.05, 0.1) is 0 Å². The zero-order chi connectivity index (χ0) is 14.9. The molecule has 0 aliphatic rings. The van der Waals surface area contributed by atoms with E-state index >= 15 is 0 Å². The van der Waals surface area contributed by atoms with Crippen LogP contribution in [0.3, 0.4) is 0 Å². The average molecular weight is 337 g/mol. The van der Waals surface area contributed by atoms with Gasteiger partial charge < -0.3 is 16.0 Å². The Morgan fingerprint density at radius 2 is 1.70 bits per heavy atom. The Hall–Kier alpha value is -1.89. The lowest BCUT2D eigenvalue weighted by Crippen LogP contribution is -2.15. The van der Waals surface area contributed by atoms with Crippen LogP contribution in [0.4, 0.5) is 23.5 Å². The quantitative estimate of drug-likeness (QED) is 0.896. The van der Waals surface area contributed by atoms with E-state index in [1.165, 1.54) is 0 Å². The molecule has 0 fully saturated rings. The predicted octanol–water partition coefficient (Wildman–Crippen LogP) is 2.64. The summed E-state index contributed by atoms with van der Waals surface area (Å²) in [5.41, 5.74) is 8.90. The van der Waals surface area contributed by atoms with Crippen LogP contribution in [0.15, 0.2) is 16.6 Å². The minimum atomic E-state index is 0.191. The fourth-order valence-corrected chi connectivity index (χ4v) is 2.01. The van der Waals surface area contributed by atoms with Gasteiger partial charge in [-0.1, -0.05) is 15.9 Å². The van der Waals surface area contributed by atoms with Gasteiger partial charge in [-0.05, 0) is 37.1 Å². The second-order valence-corrected chi connectivity index (χ2v) is 5.55. The SMILES string of the molecule is Cc1cc(Nc2nc(N)nc(N(C)C)n2)cc(C)c1Br. The lowest BCUT2D eigenvalue weighted by atomic mass is 10.1. The van der Waals surface area contributed by atoms with Crippen LogP contribution in [0.25, 0.3) is 0 Å². The minimum Gasteiger partial charge on any atom is -0.368 e. The summed E-state index contributed by atoms with van der Waals surface area (Å²) in [7, 11) is 3.71. The van der Waals surface area contributed by atoms with Crippen LogP contribution in [0.2, 0.25) is 0 Å². The molecule has 1 aromatic heterocycles. The number of nitrogen functional groups attached to an aromatic ring is 1. The van der Waals surface area contributed by atoms with Crippen molar-refractivity contribution in [3.63, 3.8) is 0 Å². The van der Waals surface area contributed by atoms with E-state index in [1.807, 2.05) is 40.1 Å². The van der Waals surface area contributed by atoms with Crippen LogP contribution in [0.5, 0.6) is 0 Å². The van der Waals surface area contributed by atoms with Crippen molar-refractivity contribution in [1.29, 1.82) is 0 Å². The van der Waals surface area contributed by atoms with Crippen molar-refractivity contribution in [2.24, 2.45) is 0 Å². The number of halogens is 1. The summed E-state index contributed by atoms with van der Waals surface area (Å²) in [6.45, 7) is 4.07. The predicted molar refractivity (Wildman–Crippen MR) is 85.5 cm³/mol. The van der Waals surface area contributed by atoms with Crippen LogP contribution in [-0.2, 0) is 0 Å². The van der Waals surface area contributed by atoms with Gasteiger partial charge in [0, 0.05) is 24.3 Å². The van der Waals surface area contributed by atoms with Crippen LogP contribution in [-0.4, -0.2) is 29.0 Å². The first-order chi connectivity index (χ1) is 9.36. The number of hydrogen-bond acceptors (Lipinski definition) is 6. The number of hydrogen-bond donors (Lipinski definition) is 2. The number of nitrogens with one attached hydrogen (secondary N) is 1. The lowest BCUT2D eigenvalue weighted by Gasteiger charge is -2.13. The number of anilines is 4. The number of aromatic nitrogens is 3. The molecule has 1 heterocycles. The Morgan fingerprint density at radius 1 is 1.10 bits per heavy atom. The fourth-order valence-electron chi connectivity index (χ4n) is 1.78. The van der Waals surface area contributed by atoms with Gasteiger partial charge >= 0.3 is 0 Å². The molecule has 3 N–H and O–H groups in total. The van der Waals surface area contributed by atoms with Crippen LogP contribution >= 0.6 is 15.9 Å². The lowest BCUT2D eigenvalue weighted by molar-refractivity contribution is 0.969. The van der Waals surface area contributed by atoms with Gasteiger partial charge in [-0.15, -0.1) is 0 Å². The third-order valence-corrected chi connectivity index (χ3v) is 3.98. The third kappa shape index (κ3) is 3.16. The number of aryl methyl sites for hydroxylation is 2. The highest BCUT2D eigenvalue weighted by Gasteiger charge is 2.08. The zero-order valence-electron chi connectivity index (χ0n) is 11.9. The molecule has 0 saturated carbocycles. The molecule has 2 aromatic rings. The maximum atomic E-state index is 5.70. The van der Waals surface area contributed by atoms with Crippen molar-refractivity contribution < 1.29 is 0 Å². The topological polar surface area (TPSA) is 80.0 Å². The summed E-state index contributed by atoms with van der Waals surface area (Å²) in [5, 5.41) is 3.16. The van der Waals surface area contributed by atoms with E-state index in [-0.39, 0.29) is 5.95 Å². The molecular formula is C13H17BrN6. The van der Waals surface area contributed by atoms with Gasteiger partial charge in [-0.25, -0.2) is 0 Å². The summed E-state index contributed by atoms with van der Waals surface area (Å²) in [4.78, 5) is 14.2. The molecular weight excluding hydrogens is 320 g/mol. The second-order valence-electron chi connectivity index (χ2n) is 4.76. The number of rotatable bonds is 3. The van der Waals surface area contributed by atoms with Crippen molar-refractivity contribution in [1.82, 2.24) is 15.0 Å². The number of benzene rings is 1. The molecule has 2 rings (SSSR count). The van der Waals surface area contributed by atoms with Crippen molar-refractivity contribution in [3.8, 4) is 0 Å². The van der Waals surface area contributed by atoms with E-state index in [1.54, 1.807) is 4.90 Å². The van der Waals surface area contributed by atoms with E-state index in [4.69, 9.17) is 5.73 Å². The first-order valence-electron chi connectivity index (χ1n) is 6.09. The zero-order valence-corrected chi connectivity index (χ0v) is 13.5. The van der Waals surface area contributed by atoms with Crippen molar-refractivity contribution in [2.45, 2.75) is 13.8 Å². The van der Waals surface area contributed by atoms with Gasteiger partial charge in [0.15, 0.2) is 0 Å². The molecule has 0 saturated heterocycles. The maximum absolute atomic E-state index is 5.70. The standard InChI is InChI=1S/C13H17BrN6/c1-7-5-9(6-8(2)10(7)14)16-12-17-11(15)18-13(19-12)20(3)4/h5-6H,1-4H3,(H3,15,16,17,18,19). The van der Waals surface area contributed by atoms with Gasteiger partial charge in [0.1, 0.15) is 0 Å². The fraction of sp³-hybridized carbons (Fsp3) is 0.308. The second kappa shape index (κ2) is 5.62. The molecule has 0 unspecified atom stereocenters. The summed E-state index contributed by atoms with van der Waals surface area (Å²) >= 11 is 3.55. The van der Waals surface area contributed by atoms with E-state index < -0.39 is 0 Å². The molecule has 0 aliphatic carbocycles. The molecule has 0 radical (unpaired) electrons. The van der Waals surface area contributed by atoms with Crippen molar-refractivity contribution in [2.75, 3.05) is 30.0 Å². The summed E-state index contributed by atoms with van der Waals surface area (Å²) in [5.74, 6) is 1.14. The third-order valence-electron chi connectivity index (χ3n) is 2.73. The molecule has 0 amide bonds. The van der Waals surface area contributed by atoms with Crippen molar-refractivity contribution >= 4 is 39.5 Å². The highest BCUT2D eigenvalue weighted by molar-refractivity contribution is 9.10.